The quantitative estimate of drug-likeness (QED) is 0.825. The number of morpholine rings is 1. The van der Waals surface area contributed by atoms with Crippen LogP contribution in [-0.4, -0.2) is 64.1 Å². The summed E-state index contributed by atoms with van der Waals surface area (Å²) in [5, 5.41) is 0. The van der Waals surface area contributed by atoms with Crippen LogP contribution < -0.4 is 0 Å². The van der Waals surface area contributed by atoms with Gasteiger partial charge in [0.15, 0.2) is 0 Å². The van der Waals surface area contributed by atoms with Gasteiger partial charge in [-0.2, -0.15) is 0 Å². The minimum Gasteiger partial charge on any atom is -0.378 e. The molecule has 6 nitrogen and oxygen atoms in total. The lowest BCUT2D eigenvalue weighted by molar-refractivity contribution is -0.133. The third kappa shape index (κ3) is 3.97. The number of likely N-dealkylation sites (tertiary alicyclic amines) is 1. The molecule has 2 fully saturated rings. The number of amides is 1. The van der Waals surface area contributed by atoms with Crippen molar-refractivity contribution in [2.75, 3.05) is 32.8 Å². The van der Waals surface area contributed by atoms with Crippen LogP contribution >= 0.6 is 0 Å². The van der Waals surface area contributed by atoms with E-state index >= 15 is 0 Å². The molecular weight excluding hydrogens is 328 g/mol. The van der Waals surface area contributed by atoms with E-state index in [-0.39, 0.29) is 11.9 Å². The first kappa shape index (κ1) is 17.2. The van der Waals surface area contributed by atoms with Crippen LogP contribution in [0.1, 0.15) is 24.8 Å². The SMILES string of the molecule is O=C(C[C@H]1COCCN1Cc1ccc(-n2ccnc2)cc1)N1CCCC1. The van der Waals surface area contributed by atoms with Gasteiger partial charge in [0, 0.05) is 56.7 Å². The molecule has 0 bridgehead atoms. The van der Waals surface area contributed by atoms with Crippen LogP contribution in [0.25, 0.3) is 5.69 Å². The van der Waals surface area contributed by atoms with Crippen molar-refractivity contribution in [1.82, 2.24) is 19.4 Å². The summed E-state index contributed by atoms with van der Waals surface area (Å²) in [5.74, 6) is 0.276. The molecule has 0 aliphatic carbocycles. The maximum Gasteiger partial charge on any atom is 0.224 e. The van der Waals surface area contributed by atoms with Crippen LogP contribution in [-0.2, 0) is 16.1 Å². The van der Waals surface area contributed by atoms with E-state index in [1.807, 2.05) is 15.7 Å². The molecule has 26 heavy (non-hydrogen) atoms. The summed E-state index contributed by atoms with van der Waals surface area (Å²) in [4.78, 5) is 21.0. The normalized spacial score (nSPS) is 21.2. The summed E-state index contributed by atoms with van der Waals surface area (Å²) in [6.07, 6.45) is 8.37. The molecule has 2 aliphatic heterocycles. The Morgan fingerprint density at radius 3 is 2.69 bits per heavy atom. The first-order chi connectivity index (χ1) is 12.8. The third-order valence-corrected chi connectivity index (χ3v) is 5.34. The Bertz CT molecular complexity index is 708. The van der Waals surface area contributed by atoms with Gasteiger partial charge in [-0.15, -0.1) is 0 Å². The Morgan fingerprint density at radius 1 is 1.15 bits per heavy atom. The van der Waals surface area contributed by atoms with Crippen LogP contribution in [0, 0.1) is 0 Å². The monoisotopic (exact) mass is 354 g/mol. The predicted octanol–water partition coefficient (Wildman–Crippen LogP) is 2.09. The van der Waals surface area contributed by atoms with Gasteiger partial charge in [-0.25, -0.2) is 4.98 Å². The molecule has 6 heteroatoms. The molecule has 0 radical (unpaired) electrons. The maximum atomic E-state index is 12.5. The fourth-order valence-corrected chi connectivity index (χ4v) is 3.80. The van der Waals surface area contributed by atoms with E-state index < -0.39 is 0 Å². The number of aromatic nitrogens is 2. The molecular formula is C20H26N4O2. The lowest BCUT2D eigenvalue weighted by atomic mass is 10.1. The van der Waals surface area contributed by atoms with Gasteiger partial charge in [-0.1, -0.05) is 12.1 Å². The number of imidazole rings is 1. The summed E-state index contributed by atoms with van der Waals surface area (Å²) in [5.41, 5.74) is 2.36. The summed E-state index contributed by atoms with van der Waals surface area (Å²) in [7, 11) is 0. The minimum absolute atomic E-state index is 0.171. The van der Waals surface area contributed by atoms with Gasteiger partial charge in [-0.3, -0.25) is 9.69 Å². The standard InChI is InChI=1S/C20H26N4O2/c25-20(22-8-1-2-9-22)13-19-15-26-12-11-23(19)14-17-3-5-18(6-4-17)24-10-7-21-16-24/h3-7,10,16,19H,1-2,8-9,11-15H2/t19-/m0/s1. The zero-order valence-electron chi connectivity index (χ0n) is 15.1. The second-order valence-electron chi connectivity index (χ2n) is 7.13. The average molecular weight is 354 g/mol. The first-order valence-corrected chi connectivity index (χ1v) is 9.46. The fourth-order valence-electron chi connectivity index (χ4n) is 3.80. The highest BCUT2D eigenvalue weighted by Crippen LogP contribution is 2.19. The van der Waals surface area contributed by atoms with Gasteiger partial charge in [0.1, 0.15) is 0 Å². The maximum absolute atomic E-state index is 12.5. The van der Waals surface area contributed by atoms with Crippen molar-refractivity contribution in [3.63, 3.8) is 0 Å². The van der Waals surface area contributed by atoms with Crippen LogP contribution in [0.15, 0.2) is 43.0 Å². The Balaban J connectivity index is 1.39. The number of rotatable bonds is 5. The van der Waals surface area contributed by atoms with E-state index in [1.54, 1.807) is 12.5 Å². The van der Waals surface area contributed by atoms with Gasteiger partial charge in [-0.05, 0) is 30.5 Å². The predicted molar refractivity (Wildman–Crippen MR) is 99.0 cm³/mol. The summed E-state index contributed by atoms with van der Waals surface area (Å²) in [6, 6.07) is 8.71. The Hall–Kier alpha value is -2.18. The van der Waals surface area contributed by atoms with Gasteiger partial charge in [0.05, 0.1) is 19.5 Å². The van der Waals surface area contributed by atoms with E-state index in [4.69, 9.17) is 4.74 Å². The van der Waals surface area contributed by atoms with Gasteiger partial charge in [0.2, 0.25) is 5.91 Å². The van der Waals surface area contributed by atoms with Crippen molar-refractivity contribution in [2.24, 2.45) is 0 Å². The second kappa shape index (κ2) is 8.01. The van der Waals surface area contributed by atoms with Gasteiger partial charge >= 0.3 is 0 Å². The van der Waals surface area contributed by atoms with Gasteiger partial charge in [0.25, 0.3) is 0 Å². The molecule has 1 amide bonds. The summed E-state index contributed by atoms with van der Waals surface area (Å²) in [6.45, 7) is 4.95. The minimum atomic E-state index is 0.171. The van der Waals surface area contributed by atoms with E-state index in [0.29, 0.717) is 13.0 Å². The van der Waals surface area contributed by atoms with Crippen LogP contribution in [0.2, 0.25) is 0 Å². The molecule has 0 N–H and O–H groups in total. The Labute approximate surface area is 154 Å². The van der Waals surface area contributed by atoms with E-state index in [1.165, 1.54) is 5.56 Å². The number of ether oxygens (including phenoxy) is 1. The summed E-state index contributed by atoms with van der Waals surface area (Å²) >= 11 is 0. The van der Waals surface area contributed by atoms with Gasteiger partial charge < -0.3 is 14.2 Å². The molecule has 0 saturated carbocycles. The largest absolute Gasteiger partial charge is 0.378 e. The van der Waals surface area contributed by atoms with Crippen molar-refractivity contribution in [3.8, 4) is 5.69 Å². The zero-order valence-corrected chi connectivity index (χ0v) is 15.1. The molecule has 2 aromatic rings. The topological polar surface area (TPSA) is 50.6 Å². The smallest absolute Gasteiger partial charge is 0.224 e. The zero-order chi connectivity index (χ0) is 17.8. The van der Waals surface area contributed by atoms with E-state index in [0.717, 1.165) is 51.3 Å². The molecule has 0 spiro atoms. The molecule has 0 unspecified atom stereocenters. The number of carbonyl (C=O) groups excluding carboxylic acids is 1. The lowest BCUT2D eigenvalue weighted by Crippen LogP contribution is -2.47. The van der Waals surface area contributed by atoms with Crippen molar-refractivity contribution in [1.29, 1.82) is 0 Å². The number of carbonyl (C=O) groups is 1. The van der Waals surface area contributed by atoms with Crippen molar-refractivity contribution >= 4 is 5.91 Å². The Morgan fingerprint density at radius 2 is 1.96 bits per heavy atom. The molecule has 2 aliphatic rings. The van der Waals surface area contributed by atoms with Crippen LogP contribution in [0.4, 0.5) is 0 Å². The molecule has 4 rings (SSSR count). The number of nitrogens with zero attached hydrogens (tertiary/aromatic N) is 4. The third-order valence-electron chi connectivity index (χ3n) is 5.34. The molecule has 1 atom stereocenters. The first-order valence-electron chi connectivity index (χ1n) is 9.46. The molecule has 1 aromatic carbocycles. The van der Waals surface area contributed by atoms with Crippen LogP contribution in [0.5, 0.6) is 0 Å². The van der Waals surface area contributed by atoms with Crippen molar-refractivity contribution in [3.05, 3.63) is 48.5 Å². The molecule has 3 heterocycles. The highest BCUT2D eigenvalue weighted by molar-refractivity contribution is 5.77. The molecule has 1 aromatic heterocycles. The molecule has 138 valence electrons. The van der Waals surface area contributed by atoms with Crippen molar-refractivity contribution < 1.29 is 9.53 Å². The second-order valence-corrected chi connectivity index (χ2v) is 7.13. The Kier molecular flexibility index (Phi) is 5.32. The molecule has 2 saturated heterocycles. The van der Waals surface area contributed by atoms with E-state index in [9.17, 15) is 4.79 Å². The number of hydrogen-bond donors (Lipinski definition) is 0. The average Bonchev–Trinajstić information content (AvgIpc) is 3.38. The van der Waals surface area contributed by atoms with Crippen LogP contribution in [0.3, 0.4) is 0 Å². The van der Waals surface area contributed by atoms with E-state index in [2.05, 4.69) is 34.1 Å². The number of hydrogen-bond acceptors (Lipinski definition) is 4. The number of benzene rings is 1. The fraction of sp³-hybridized carbons (Fsp3) is 0.500. The lowest BCUT2D eigenvalue weighted by Gasteiger charge is -2.36. The summed E-state index contributed by atoms with van der Waals surface area (Å²) < 4.78 is 7.66. The van der Waals surface area contributed by atoms with Crippen molar-refractivity contribution in [2.45, 2.75) is 31.8 Å². The highest BCUT2D eigenvalue weighted by Gasteiger charge is 2.28. The highest BCUT2D eigenvalue weighted by atomic mass is 16.5.